The fraction of sp³-hybridized carbons (Fsp3) is 0.529. The van der Waals surface area contributed by atoms with E-state index in [1.807, 2.05) is 6.07 Å². The standard InChI is InChI=1S/C17H25NO3Si/c1-7-20-16(19)14-10-8-9-13(11-14)15(12-18)21-22(5,6)17(2,3)4/h8-11,15H,7H2,1-6H3. The van der Waals surface area contributed by atoms with E-state index < -0.39 is 14.4 Å². The molecule has 0 saturated heterocycles. The van der Waals surface area contributed by atoms with Gasteiger partial charge in [-0.2, -0.15) is 5.26 Å². The van der Waals surface area contributed by atoms with Crippen LogP contribution in [0.1, 0.15) is 49.7 Å². The Morgan fingerprint density at radius 3 is 2.50 bits per heavy atom. The first kappa shape index (κ1) is 18.4. The van der Waals surface area contributed by atoms with E-state index in [9.17, 15) is 10.1 Å². The third-order valence-electron chi connectivity index (χ3n) is 4.04. The molecule has 0 N–H and O–H groups in total. The van der Waals surface area contributed by atoms with E-state index in [-0.39, 0.29) is 11.0 Å². The van der Waals surface area contributed by atoms with Crippen LogP contribution in [0.15, 0.2) is 24.3 Å². The summed E-state index contributed by atoms with van der Waals surface area (Å²) in [5.74, 6) is -0.381. The number of nitriles is 1. The van der Waals surface area contributed by atoms with Gasteiger partial charge in [-0.25, -0.2) is 4.79 Å². The molecule has 120 valence electrons. The Bertz CT molecular complexity index is 570. The van der Waals surface area contributed by atoms with Crippen molar-refractivity contribution in [1.82, 2.24) is 0 Å². The molecule has 0 bridgehead atoms. The molecule has 0 fully saturated rings. The van der Waals surface area contributed by atoms with Crippen LogP contribution in [-0.2, 0) is 9.16 Å². The van der Waals surface area contributed by atoms with Crippen molar-refractivity contribution in [1.29, 1.82) is 5.26 Å². The van der Waals surface area contributed by atoms with Crippen molar-refractivity contribution in [2.45, 2.75) is 51.9 Å². The molecule has 1 aromatic rings. The Hall–Kier alpha value is -1.64. The summed E-state index contributed by atoms with van der Waals surface area (Å²) in [6.07, 6.45) is -0.671. The highest BCUT2D eigenvalue weighted by Gasteiger charge is 2.39. The quantitative estimate of drug-likeness (QED) is 0.594. The first-order valence-electron chi connectivity index (χ1n) is 7.47. The van der Waals surface area contributed by atoms with Gasteiger partial charge in [-0.05, 0) is 42.8 Å². The molecule has 1 unspecified atom stereocenters. The van der Waals surface area contributed by atoms with Crippen LogP contribution < -0.4 is 0 Å². The third kappa shape index (κ3) is 4.42. The molecule has 5 heteroatoms. The van der Waals surface area contributed by atoms with Crippen LogP contribution in [0.2, 0.25) is 18.1 Å². The topological polar surface area (TPSA) is 59.3 Å². The molecule has 0 aromatic heterocycles. The van der Waals surface area contributed by atoms with E-state index in [4.69, 9.17) is 9.16 Å². The smallest absolute Gasteiger partial charge is 0.338 e. The molecule has 0 heterocycles. The number of hydrogen-bond acceptors (Lipinski definition) is 4. The van der Waals surface area contributed by atoms with Crippen LogP contribution in [-0.4, -0.2) is 20.9 Å². The maximum absolute atomic E-state index is 11.8. The van der Waals surface area contributed by atoms with Crippen LogP contribution in [0.25, 0.3) is 0 Å². The second kappa shape index (κ2) is 7.08. The minimum Gasteiger partial charge on any atom is -0.462 e. The minimum atomic E-state index is -2.07. The number of carbonyl (C=O) groups excluding carboxylic acids is 1. The summed E-state index contributed by atoms with van der Waals surface area (Å²) in [6.45, 7) is 12.7. The van der Waals surface area contributed by atoms with Crippen molar-refractivity contribution in [3.8, 4) is 6.07 Å². The molecule has 0 aliphatic rings. The van der Waals surface area contributed by atoms with Crippen LogP contribution in [0, 0.1) is 11.3 Å². The molecule has 0 radical (unpaired) electrons. The highest BCUT2D eigenvalue weighted by molar-refractivity contribution is 6.74. The number of benzene rings is 1. The van der Waals surface area contributed by atoms with Crippen LogP contribution in [0.4, 0.5) is 0 Å². The molecule has 1 rings (SSSR count). The lowest BCUT2D eigenvalue weighted by molar-refractivity contribution is 0.0526. The molecule has 0 amide bonds. The van der Waals surface area contributed by atoms with Gasteiger partial charge in [0.2, 0.25) is 0 Å². The third-order valence-corrected chi connectivity index (χ3v) is 8.47. The van der Waals surface area contributed by atoms with Gasteiger partial charge in [-0.15, -0.1) is 0 Å². The molecular formula is C17H25NO3Si. The number of rotatable bonds is 5. The largest absolute Gasteiger partial charge is 0.462 e. The van der Waals surface area contributed by atoms with E-state index in [0.717, 1.165) is 0 Å². The summed E-state index contributed by atoms with van der Waals surface area (Å²) >= 11 is 0. The van der Waals surface area contributed by atoms with Gasteiger partial charge in [0, 0.05) is 0 Å². The fourth-order valence-electron chi connectivity index (χ4n) is 1.68. The zero-order chi connectivity index (χ0) is 17.0. The van der Waals surface area contributed by atoms with E-state index in [1.54, 1.807) is 25.1 Å². The maximum Gasteiger partial charge on any atom is 0.338 e. The molecule has 1 atom stereocenters. The first-order chi connectivity index (χ1) is 10.1. The van der Waals surface area contributed by atoms with Crippen LogP contribution in [0.5, 0.6) is 0 Å². The monoisotopic (exact) mass is 319 g/mol. The second-order valence-corrected chi connectivity index (χ2v) is 11.5. The zero-order valence-corrected chi connectivity index (χ0v) is 15.3. The molecule has 4 nitrogen and oxygen atoms in total. The lowest BCUT2D eigenvalue weighted by atomic mass is 10.1. The zero-order valence-electron chi connectivity index (χ0n) is 14.3. The van der Waals surface area contributed by atoms with Crippen molar-refractivity contribution in [2.24, 2.45) is 0 Å². The highest BCUT2D eigenvalue weighted by atomic mass is 28.4. The lowest BCUT2D eigenvalue weighted by Crippen LogP contribution is -2.41. The van der Waals surface area contributed by atoms with Gasteiger partial charge < -0.3 is 9.16 Å². The lowest BCUT2D eigenvalue weighted by Gasteiger charge is -2.37. The Kier molecular flexibility index (Phi) is 5.92. The Morgan fingerprint density at radius 2 is 2.00 bits per heavy atom. The predicted molar refractivity (Wildman–Crippen MR) is 89.0 cm³/mol. The van der Waals surface area contributed by atoms with Gasteiger partial charge in [0.25, 0.3) is 0 Å². The van der Waals surface area contributed by atoms with E-state index in [0.29, 0.717) is 17.7 Å². The normalized spacial score (nSPS) is 13.3. The molecule has 0 saturated carbocycles. The Balaban J connectivity index is 3.05. The van der Waals surface area contributed by atoms with Crippen LogP contribution in [0.3, 0.4) is 0 Å². The average Bonchev–Trinajstić information content (AvgIpc) is 2.44. The maximum atomic E-state index is 11.8. The molecule has 0 aliphatic carbocycles. The molecule has 0 spiro atoms. The van der Waals surface area contributed by atoms with Crippen molar-refractivity contribution < 1.29 is 14.0 Å². The second-order valence-electron chi connectivity index (χ2n) is 6.73. The number of nitrogens with zero attached hydrogens (tertiary/aromatic N) is 1. The SMILES string of the molecule is CCOC(=O)c1cccc(C(C#N)O[Si](C)(C)C(C)(C)C)c1. The van der Waals surface area contributed by atoms with E-state index in [1.165, 1.54) is 0 Å². The van der Waals surface area contributed by atoms with Gasteiger partial charge in [0.1, 0.15) is 0 Å². The highest BCUT2D eigenvalue weighted by Crippen LogP contribution is 2.39. The van der Waals surface area contributed by atoms with Crippen molar-refractivity contribution >= 4 is 14.3 Å². The molecular weight excluding hydrogens is 294 g/mol. The van der Waals surface area contributed by atoms with Gasteiger partial charge in [0.05, 0.1) is 18.2 Å². The van der Waals surface area contributed by atoms with E-state index in [2.05, 4.69) is 39.9 Å². The Morgan fingerprint density at radius 1 is 1.36 bits per heavy atom. The van der Waals surface area contributed by atoms with Crippen LogP contribution >= 0.6 is 0 Å². The summed E-state index contributed by atoms with van der Waals surface area (Å²) in [5, 5.41) is 9.49. The number of carbonyl (C=O) groups is 1. The summed E-state index contributed by atoms with van der Waals surface area (Å²) in [5.41, 5.74) is 1.14. The van der Waals surface area contributed by atoms with Gasteiger partial charge in [-0.1, -0.05) is 32.9 Å². The van der Waals surface area contributed by atoms with Gasteiger partial charge in [0.15, 0.2) is 14.4 Å². The van der Waals surface area contributed by atoms with Crippen molar-refractivity contribution in [3.63, 3.8) is 0 Å². The summed E-state index contributed by atoms with van der Waals surface area (Å²) in [4.78, 5) is 11.8. The first-order valence-corrected chi connectivity index (χ1v) is 10.4. The summed E-state index contributed by atoms with van der Waals surface area (Å²) in [7, 11) is -2.07. The van der Waals surface area contributed by atoms with Gasteiger partial charge in [-0.3, -0.25) is 0 Å². The molecule has 0 aliphatic heterocycles. The summed E-state index contributed by atoms with van der Waals surface area (Å²) < 4.78 is 11.2. The van der Waals surface area contributed by atoms with Crippen molar-refractivity contribution in [2.75, 3.05) is 6.61 Å². The predicted octanol–water partition coefficient (Wildman–Crippen LogP) is 4.45. The molecule has 22 heavy (non-hydrogen) atoms. The minimum absolute atomic E-state index is 0.0147. The van der Waals surface area contributed by atoms with Gasteiger partial charge >= 0.3 is 5.97 Å². The van der Waals surface area contributed by atoms with E-state index >= 15 is 0 Å². The number of ether oxygens (including phenoxy) is 1. The average molecular weight is 319 g/mol. The number of esters is 1. The van der Waals surface area contributed by atoms with Crippen molar-refractivity contribution in [3.05, 3.63) is 35.4 Å². The number of hydrogen-bond donors (Lipinski definition) is 0. The molecule has 1 aromatic carbocycles. The summed E-state index contributed by atoms with van der Waals surface area (Å²) in [6, 6.07) is 9.13. The Labute approximate surface area is 134 Å². The fourth-order valence-corrected chi connectivity index (χ4v) is 2.82.